The van der Waals surface area contributed by atoms with Crippen molar-refractivity contribution in [2.45, 2.75) is 6.92 Å². The third-order valence-electron chi connectivity index (χ3n) is 1.81. The van der Waals surface area contributed by atoms with Gasteiger partial charge in [-0.15, -0.1) is 11.6 Å². The summed E-state index contributed by atoms with van der Waals surface area (Å²) in [5.74, 6) is -0.0892. The van der Waals surface area contributed by atoms with Crippen LogP contribution >= 0.6 is 23.2 Å². The smallest absolute Gasteiger partial charge is 0.320 e. The first-order valence-corrected chi connectivity index (χ1v) is 5.39. The number of rotatable bonds is 3. The van der Waals surface area contributed by atoms with E-state index in [2.05, 4.69) is 15.6 Å². The number of nitrogens with zero attached hydrogens (tertiary/aromatic N) is 1. The van der Waals surface area contributed by atoms with Crippen LogP contribution in [0.1, 0.15) is 5.56 Å². The van der Waals surface area contributed by atoms with E-state index in [1.165, 1.54) is 0 Å². The minimum atomic E-state index is -0.620. The number of hydrogen-bond acceptors (Lipinski definition) is 2. The zero-order valence-corrected chi connectivity index (χ0v) is 9.99. The minimum absolute atomic E-state index is 0.0531. The third kappa shape index (κ3) is 3.21. The Morgan fingerprint density at radius 3 is 2.94 bits per heavy atom. The van der Waals surface area contributed by atoms with E-state index >= 15 is 0 Å². The second kappa shape index (κ2) is 5.86. The van der Waals surface area contributed by atoms with Crippen molar-refractivity contribution in [1.82, 2.24) is 10.3 Å². The number of amides is 2. The second-order valence-corrected chi connectivity index (χ2v) is 3.72. The maximum Gasteiger partial charge on any atom is 0.320 e. The summed E-state index contributed by atoms with van der Waals surface area (Å²) in [5.41, 5.74) is 0.377. The second-order valence-electron chi connectivity index (χ2n) is 2.96. The molecule has 0 saturated carbocycles. The molecule has 1 aromatic heterocycles. The number of carbonyl (C=O) groups excluding carboxylic acids is 1. The molecule has 0 aliphatic rings. The number of carbonyl (C=O) groups is 1. The zero-order valence-electron chi connectivity index (χ0n) is 8.48. The first kappa shape index (κ1) is 13.0. The molecular weight excluding hydrogens is 256 g/mol. The Kier molecular flexibility index (Phi) is 4.76. The van der Waals surface area contributed by atoms with Crippen LogP contribution in [-0.2, 0) is 0 Å². The number of anilines is 1. The normalized spacial score (nSPS) is 10.0. The maximum atomic E-state index is 13.0. The van der Waals surface area contributed by atoms with E-state index in [1.54, 1.807) is 6.92 Å². The maximum absolute atomic E-state index is 13.0. The van der Waals surface area contributed by atoms with Crippen LogP contribution in [0.25, 0.3) is 0 Å². The lowest BCUT2D eigenvalue weighted by atomic mass is 10.3. The van der Waals surface area contributed by atoms with Crippen LogP contribution in [-0.4, -0.2) is 23.4 Å². The summed E-state index contributed by atoms with van der Waals surface area (Å²) >= 11 is 11.1. The lowest BCUT2D eigenvalue weighted by Gasteiger charge is -2.09. The van der Waals surface area contributed by atoms with Crippen molar-refractivity contribution in [3.63, 3.8) is 0 Å². The van der Waals surface area contributed by atoms with Crippen LogP contribution in [0.2, 0.25) is 5.02 Å². The van der Waals surface area contributed by atoms with Gasteiger partial charge in [-0.05, 0) is 6.92 Å². The Balaban J connectivity index is 2.74. The Labute approximate surface area is 102 Å². The highest BCUT2D eigenvalue weighted by molar-refractivity contribution is 6.31. The van der Waals surface area contributed by atoms with Crippen LogP contribution in [0, 0.1) is 12.7 Å². The van der Waals surface area contributed by atoms with Crippen molar-refractivity contribution in [3.05, 3.63) is 22.6 Å². The third-order valence-corrected chi connectivity index (χ3v) is 2.47. The average Bonchev–Trinajstić information content (AvgIpc) is 2.27. The summed E-state index contributed by atoms with van der Waals surface area (Å²) in [6.45, 7) is 1.90. The van der Waals surface area contributed by atoms with E-state index in [4.69, 9.17) is 23.2 Å². The standard InChI is InChI=1S/C9H10Cl2FN3O/c1-5-7(11)6(12)4-14-8(5)15-9(16)13-3-2-10/h4H,2-3H2,1H3,(H2,13,14,15,16). The van der Waals surface area contributed by atoms with E-state index in [-0.39, 0.29) is 10.8 Å². The lowest BCUT2D eigenvalue weighted by molar-refractivity contribution is 0.252. The summed E-state index contributed by atoms with van der Waals surface area (Å²) in [6, 6.07) is -0.459. The molecule has 0 radical (unpaired) electrons. The van der Waals surface area contributed by atoms with Crippen LogP contribution in [0.5, 0.6) is 0 Å². The highest BCUT2D eigenvalue weighted by atomic mass is 35.5. The van der Waals surface area contributed by atoms with Gasteiger partial charge >= 0.3 is 6.03 Å². The van der Waals surface area contributed by atoms with E-state index < -0.39 is 11.8 Å². The first-order valence-electron chi connectivity index (χ1n) is 4.47. The Hall–Kier alpha value is -1.07. The average molecular weight is 266 g/mol. The number of hydrogen-bond donors (Lipinski definition) is 2. The fourth-order valence-electron chi connectivity index (χ4n) is 0.996. The quantitative estimate of drug-likeness (QED) is 0.826. The Bertz CT molecular complexity index is 401. The summed E-state index contributed by atoms with van der Waals surface area (Å²) < 4.78 is 13.0. The molecule has 2 N–H and O–H groups in total. The molecule has 7 heteroatoms. The number of halogens is 3. The van der Waals surface area contributed by atoms with Crippen molar-refractivity contribution < 1.29 is 9.18 Å². The summed E-state index contributed by atoms with van der Waals surface area (Å²) in [4.78, 5) is 15.0. The topological polar surface area (TPSA) is 54.0 Å². The number of urea groups is 1. The molecule has 0 aliphatic heterocycles. The van der Waals surface area contributed by atoms with Gasteiger partial charge in [0, 0.05) is 18.0 Å². The molecule has 0 unspecified atom stereocenters. The van der Waals surface area contributed by atoms with Gasteiger partial charge in [0.15, 0.2) is 5.82 Å². The molecule has 4 nitrogen and oxygen atoms in total. The van der Waals surface area contributed by atoms with Gasteiger partial charge < -0.3 is 5.32 Å². The van der Waals surface area contributed by atoms with Gasteiger partial charge in [0.2, 0.25) is 0 Å². The van der Waals surface area contributed by atoms with Gasteiger partial charge in [0.25, 0.3) is 0 Å². The molecule has 1 rings (SSSR count). The molecule has 2 amide bonds. The van der Waals surface area contributed by atoms with Gasteiger partial charge in [-0.3, -0.25) is 5.32 Å². The van der Waals surface area contributed by atoms with Gasteiger partial charge in [-0.1, -0.05) is 11.6 Å². The van der Waals surface area contributed by atoms with Crippen molar-refractivity contribution in [2.24, 2.45) is 0 Å². The molecular formula is C9H10Cl2FN3O. The molecule has 0 atom stereocenters. The Morgan fingerprint density at radius 1 is 1.62 bits per heavy atom. The fraction of sp³-hybridized carbons (Fsp3) is 0.333. The van der Waals surface area contributed by atoms with Gasteiger partial charge in [0.05, 0.1) is 11.2 Å². The van der Waals surface area contributed by atoms with Crippen molar-refractivity contribution in [3.8, 4) is 0 Å². The van der Waals surface area contributed by atoms with E-state index in [9.17, 15) is 9.18 Å². The number of nitrogens with one attached hydrogen (secondary N) is 2. The lowest BCUT2D eigenvalue weighted by Crippen LogP contribution is -2.30. The SMILES string of the molecule is Cc1c(NC(=O)NCCCl)ncc(F)c1Cl. The molecule has 0 spiro atoms. The molecule has 0 aromatic carbocycles. The first-order chi connectivity index (χ1) is 7.56. The molecule has 0 fully saturated rings. The highest BCUT2D eigenvalue weighted by Crippen LogP contribution is 2.23. The summed E-state index contributed by atoms with van der Waals surface area (Å²) in [7, 11) is 0. The predicted octanol–water partition coefficient (Wildman–Crippen LogP) is 2.54. The Morgan fingerprint density at radius 2 is 2.31 bits per heavy atom. The molecule has 0 aliphatic carbocycles. The summed E-state index contributed by atoms with van der Waals surface area (Å²) in [5, 5.41) is 4.87. The van der Waals surface area contributed by atoms with Gasteiger partial charge in [-0.25, -0.2) is 14.2 Å². The van der Waals surface area contributed by atoms with E-state index in [1.807, 2.05) is 0 Å². The molecule has 1 aromatic rings. The monoisotopic (exact) mass is 265 g/mol. The minimum Gasteiger partial charge on any atom is -0.337 e. The van der Waals surface area contributed by atoms with Crippen LogP contribution in [0.15, 0.2) is 6.20 Å². The van der Waals surface area contributed by atoms with Crippen molar-refractivity contribution >= 4 is 35.1 Å². The zero-order chi connectivity index (χ0) is 12.1. The molecule has 88 valence electrons. The number of aromatic nitrogens is 1. The van der Waals surface area contributed by atoms with Crippen LogP contribution < -0.4 is 10.6 Å². The highest BCUT2D eigenvalue weighted by Gasteiger charge is 2.11. The van der Waals surface area contributed by atoms with Crippen LogP contribution in [0.4, 0.5) is 15.0 Å². The fourth-order valence-corrected chi connectivity index (χ4v) is 1.23. The molecule has 0 bridgehead atoms. The summed E-state index contributed by atoms with van der Waals surface area (Å²) in [6.07, 6.45) is 0.951. The van der Waals surface area contributed by atoms with Crippen LogP contribution in [0.3, 0.4) is 0 Å². The van der Waals surface area contributed by atoms with Gasteiger partial charge in [0.1, 0.15) is 5.82 Å². The molecule has 0 saturated heterocycles. The number of alkyl halides is 1. The largest absolute Gasteiger partial charge is 0.337 e. The number of pyridine rings is 1. The van der Waals surface area contributed by atoms with Crippen molar-refractivity contribution in [2.75, 3.05) is 17.7 Å². The molecule has 16 heavy (non-hydrogen) atoms. The predicted molar refractivity (Wildman–Crippen MR) is 61.7 cm³/mol. The van der Waals surface area contributed by atoms with E-state index in [0.29, 0.717) is 18.0 Å². The van der Waals surface area contributed by atoms with Gasteiger partial charge in [-0.2, -0.15) is 0 Å². The van der Waals surface area contributed by atoms with E-state index in [0.717, 1.165) is 6.20 Å². The van der Waals surface area contributed by atoms with Crippen molar-refractivity contribution in [1.29, 1.82) is 0 Å². The molecule has 1 heterocycles.